The van der Waals surface area contributed by atoms with Crippen molar-refractivity contribution >= 4 is 5.97 Å². The van der Waals surface area contributed by atoms with Gasteiger partial charge < -0.3 is 20.6 Å². The third-order valence-electron chi connectivity index (χ3n) is 1.81. The molecule has 1 aromatic heterocycles. The van der Waals surface area contributed by atoms with Crippen LogP contribution in [-0.2, 0) is 6.54 Å². The number of carboxylic acids is 1. The van der Waals surface area contributed by atoms with Gasteiger partial charge in [-0.15, -0.1) is 0 Å². The van der Waals surface area contributed by atoms with Crippen LogP contribution < -0.4 is 11.1 Å². The van der Waals surface area contributed by atoms with E-state index in [0.29, 0.717) is 18.7 Å². The summed E-state index contributed by atoms with van der Waals surface area (Å²) in [5.74, 6) is -1.03. The Morgan fingerprint density at radius 1 is 1.64 bits per heavy atom. The summed E-state index contributed by atoms with van der Waals surface area (Å²) in [4.78, 5) is 10.6. The van der Waals surface area contributed by atoms with Crippen LogP contribution in [0.4, 0.5) is 0 Å². The zero-order valence-corrected chi connectivity index (χ0v) is 7.82. The normalized spacial score (nSPS) is 10.4. The average molecular weight is 198 g/mol. The molecule has 14 heavy (non-hydrogen) atoms. The molecule has 0 bridgehead atoms. The Balaban J connectivity index is 2.42. The van der Waals surface area contributed by atoms with E-state index < -0.39 is 5.97 Å². The molecule has 1 aromatic rings. The number of nitrogens with one attached hydrogen (secondary N) is 1. The highest BCUT2D eigenvalue weighted by atomic mass is 16.4. The summed E-state index contributed by atoms with van der Waals surface area (Å²) in [6, 6.07) is 1.65. The van der Waals surface area contributed by atoms with Gasteiger partial charge in [0.05, 0.1) is 6.26 Å². The smallest absolute Gasteiger partial charge is 0.372 e. The van der Waals surface area contributed by atoms with Crippen LogP contribution in [-0.4, -0.2) is 24.2 Å². The lowest BCUT2D eigenvalue weighted by Crippen LogP contribution is -2.18. The van der Waals surface area contributed by atoms with Gasteiger partial charge in [-0.25, -0.2) is 4.79 Å². The molecule has 0 aliphatic carbocycles. The summed E-state index contributed by atoms with van der Waals surface area (Å²) in [7, 11) is 0. The Morgan fingerprint density at radius 3 is 3.07 bits per heavy atom. The van der Waals surface area contributed by atoms with Crippen LogP contribution in [0.1, 0.15) is 22.5 Å². The van der Waals surface area contributed by atoms with Gasteiger partial charge in [-0.1, -0.05) is 0 Å². The zero-order chi connectivity index (χ0) is 10.4. The van der Waals surface area contributed by atoms with Gasteiger partial charge in [0, 0.05) is 12.1 Å². The lowest BCUT2D eigenvalue weighted by molar-refractivity contribution is 0.0660. The second-order valence-corrected chi connectivity index (χ2v) is 2.90. The van der Waals surface area contributed by atoms with E-state index in [0.717, 1.165) is 13.0 Å². The SMILES string of the molecule is NCCCNCc1ccoc1C(=O)O. The van der Waals surface area contributed by atoms with Gasteiger partial charge in [-0.05, 0) is 25.6 Å². The highest BCUT2D eigenvalue weighted by molar-refractivity contribution is 5.86. The molecule has 0 aliphatic rings. The predicted octanol–water partition coefficient (Wildman–Crippen LogP) is 0.416. The molecule has 0 saturated heterocycles. The molecule has 1 rings (SSSR count). The van der Waals surface area contributed by atoms with E-state index in [1.165, 1.54) is 6.26 Å². The number of hydrogen-bond donors (Lipinski definition) is 3. The minimum Gasteiger partial charge on any atom is -0.475 e. The number of carbonyl (C=O) groups is 1. The van der Waals surface area contributed by atoms with Gasteiger partial charge in [0.2, 0.25) is 5.76 Å². The first-order valence-electron chi connectivity index (χ1n) is 4.46. The Bertz CT molecular complexity index is 296. The highest BCUT2D eigenvalue weighted by Gasteiger charge is 2.12. The lowest BCUT2D eigenvalue weighted by Gasteiger charge is -2.01. The Kier molecular flexibility index (Phi) is 4.15. The summed E-state index contributed by atoms with van der Waals surface area (Å²) < 4.78 is 4.82. The second kappa shape index (κ2) is 5.41. The van der Waals surface area contributed by atoms with Gasteiger partial charge in [-0.2, -0.15) is 0 Å². The number of hydrogen-bond acceptors (Lipinski definition) is 4. The van der Waals surface area contributed by atoms with E-state index in [9.17, 15) is 4.79 Å². The van der Waals surface area contributed by atoms with E-state index in [1.807, 2.05) is 0 Å². The fourth-order valence-corrected chi connectivity index (χ4v) is 1.11. The topological polar surface area (TPSA) is 88.5 Å². The molecule has 0 saturated carbocycles. The molecule has 0 radical (unpaired) electrons. The maximum Gasteiger partial charge on any atom is 0.372 e. The van der Waals surface area contributed by atoms with Crippen molar-refractivity contribution in [3.63, 3.8) is 0 Å². The van der Waals surface area contributed by atoms with Crippen molar-refractivity contribution in [3.8, 4) is 0 Å². The van der Waals surface area contributed by atoms with Crippen LogP contribution in [0.5, 0.6) is 0 Å². The Hall–Kier alpha value is -1.33. The Labute approximate surface area is 81.9 Å². The summed E-state index contributed by atoms with van der Waals surface area (Å²) in [5, 5.41) is 11.8. The molecule has 0 aromatic carbocycles. The van der Waals surface area contributed by atoms with Gasteiger partial charge in [-0.3, -0.25) is 0 Å². The Morgan fingerprint density at radius 2 is 2.43 bits per heavy atom. The predicted molar refractivity (Wildman–Crippen MR) is 51.0 cm³/mol. The van der Waals surface area contributed by atoms with Crippen LogP contribution in [0, 0.1) is 0 Å². The van der Waals surface area contributed by atoms with E-state index in [1.54, 1.807) is 6.07 Å². The number of nitrogens with two attached hydrogens (primary N) is 1. The zero-order valence-electron chi connectivity index (χ0n) is 7.82. The molecule has 0 atom stereocenters. The van der Waals surface area contributed by atoms with Gasteiger partial charge >= 0.3 is 5.97 Å². The first kappa shape index (κ1) is 10.7. The standard InChI is InChI=1S/C9H14N2O3/c10-3-1-4-11-6-7-2-5-14-8(7)9(12)13/h2,5,11H,1,3-4,6,10H2,(H,12,13). The number of carboxylic acid groups (broad SMARTS) is 1. The van der Waals surface area contributed by atoms with Crippen LogP contribution in [0.2, 0.25) is 0 Å². The maximum atomic E-state index is 10.6. The molecule has 1 heterocycles. The monoisotopic (exact) mass is 198 g/mol. The first-order chi connectivity index (χ1) is 6.75. The molecule has 0 fully saturated rings. The molecule has 78 valence electrons. The largest absolute Gasteiger partial charge is 0.475 e. The first-order valence-corrected chi connectivity index (χ1v) is 4.46. The molecule has 0 aliphatic heterocycles. The summed E-state index contributed by atoms with van der Waals surface area (Å²) in [6.45, 7) is 1.91. The maximum absolute atomic E-state index is 10.6. The van der Waals surface area contributed by atoms with Crippen LogP contribution >= 0.6 is 0 Å². The van der Waals surface area contributed by atoms with Crippen molar-refractivity contribution in [2.45, 2.75) is 13.0 Å². The molecule has 0 amide bonds. The van der Waals surface area contributed by atoms with E-state index in [-0.39, 0.29) is 5.76 Å². The van der Waals surface area contributed by atoms with E-state index in [4.69, 9.17) is 15.3 Å². The van der Waals surface area contributed by atoms with Crippen LogP contribution in [0.15, 0.2) is 16.7 Å². The van der Waals surface area contributed by atoms with Crippen LogP contribution in [0.3, 0.4) is 0 Å². The van der Waals surface area contributed by atoms with E-state index in [2.05, 4.69) is 5.32 Å². The van der Waals surface area contributed by atoms with Crippen molar-refractivity contribution in [2.24, 2.45) is 5.73 Å². The third-order valence-corrected chi connectivity index (χ3v) is 1.81. The van der Waals surface area contributed by atoms with Gasteiger partial charge in [0.1, 0.15) is 0 Å². The summed E-state index contributed by atoms with van der Waals surface area (Å²) in [5.41, 5.74) is 5.98. The molecule has 5 heteroatoms. The van der Waals surface area contributed by atoms with Crippen molar-refractivity contribution in [1.29, 1.82) is 0 Å². The molecule has 0 unspecified atom stereocenters. The third kappa shape index (κ3) is 2.86. The molecule has 4 N–H and O–H groups in total. The van der Waals surface area contributed by atoms with Gasteiger partial charge in [0.15, 0.2) is 0 Å². The fourth-order valence-electron chi connectivity index (χ4n) is 1.11. The molecular formula is C9H14N2O3. The van der Waals surface area contributed by atoms with Gasteiger partial charge in [0.25, 0.3) is 0 Å². The summed E-state index contributed by atoms with van der Waals surface area (Å²) >= 11 is 0. The second-order valence-electron chi connectivity index (χ2n) is 2.90. The van der Waals surface area contributed by atoms with Crippen molar-refractivity contribution in [1.82, 2.24) is 5.32 Å². The van der Waals surface area contributed by atoms with Crippen molar-refractivity contribution in [3.05, 3.63) is 23.7 Å². The fraction of sp³-hybridized carbons (Fsp3) is 0.444. The van der Waals surface area contributed by atoms with Crippen molar-refractivity contribution < 1.29 is 14.3 Å². The number of rotatable bonds is 6. The minimum atomic E-state index is -1.04. The number of furan rings is 1. The molecular weight excluding hydrogens is 184 g/mol. The quantitative estimate of drug-likeness (QED) is 0.576. The number of aromatic carboxylic acids is 1. The summed E-state index contributed by atoms with van der Waals surface area (Å²) in [6.07, 6.45) is 2.25. The molecule has 5 nitrogen and oxygen atoms in total. The lowest BCUT2D eigenvalue weighted by atomic mass is 10.2. The van der Waals surface area contributed by atoms with Crippen LogP contribution in [0.25, 0.3) is 0 Å². The van der Waals surface area contributed by atoms with E-state index >= 15 is 0 Å². The average Bonchev–Trinajstić information content (AvgIpc) is 2.60. The molecule has 0 spiro atoms. The van der Waals surface area contributed by atoms with Crippen molar-refractivity contribution in [2.75, 3.05) is 13.1 Å². The highest BCUT2D eigenvalue weighted by Crippen LogP contribution is 2.09. The minimum absolute atomic E-state index is 0.00486.